The summed E-state index contributed by atoms with van der Waals surface area (Å²) in [5.41, 5.74) is 0.680. The van der Waals surface area contributed by atoms with Gasteiger partial charge in [-0.1, -0.05) is 18.2 Å². The van der Waals surface area contributed by atoms with E-state index < -0.39 is 29.0 Å². The largest absolute Gasteiger partial charge is 0.496 e. The minimum absolute atomic E-state index is 0.0745. The normalized spacial score (nSPS) is 10.9. The van der Waals surface area contributed by atoms with Gasteiger partial charge >= 0.3 is 5.97 Å². The molecule has 0 atom stereocenters. The van der Waals surface area contributed by atoms with Gasteiger partial charge in [0.25, 0.3) is 0 Å². The minimum Gasteiger partial charge on any atom is -0.496 e. The topological polar surface area (TPSA) is 68.6 Å². The number of hydrogen-bond donors (Lipinski definition) is 0. The summed E-state index contributed by atoms with van der Waals surface area (Å²) in [5.74, 6) is -5.52. The fourth-order valence-corrected chi connectivity index (χ4v) is 2.90. The average molecular weight is 439 g/mol. The number of ether oxygens (including phenoxy) is 3. The Balaban J connectivity index is 1.92. The molecule has 0 saturated carbocycles. The van der Waals surface area contributed by atoms with Crippen molar-refractivity contribution >= 4 is 17.6 Å². The maximum absolute atomic E-state index is 13.9. The highest BCUT2D eigenvalue weighted by Gasteiger charge is 2.21. The van der Waals surface area contributed by atoms with Crippen molar-refractivity contribution in [3.05, 3.63) is 88.7 Å². The number of carbonyl (C=O) groups is 1. The Hall–Kier alpha value is -4.25. The first-order chi connectivity index (χ1) is 15.4. The van der Waals surface area contributed by atoms with Gasteiger partial charge in [0.2, 0.25) is 0 Å². The van der Waals surface area contributed by atoms with Crippen LogP contribution >= 0.6 is 0 Å². The molecule has 0 bridgehead atoms. The van der Waals surface area contributed by atoms with Crippen molar-refractivity contribution in [1.82, 2.24) is 0 Å². The molecule has 0 fully saturated rings. The van der Waals surface area contributed by atoms with Crippen LogP contribution in [0, 0.1) is 28.8 Å². The molecule has 0 aliphatic carbocycles. The second-order valence-corrected chi connectivity index (χ2v) is 6.39. The Bertz CT molecular complexity index is 1250. The molecule has 8 heteroatoms. The number of hydrogen-bond acceptors (Lipinski definition) is 5. The third kappa shape index (κ3) is 4.57. The van der Waals surface area contributed by atoms with Crippen LogP contribution in [-0.2, 0) is 0 Å². The van der Waals surface area contributed by atoms with Crippen LogP contribution < -0.4 is 14.2 Å². The Morgan fingerprint density at radius 3 is 2.28 bits per heavy atom. The molecular weight excluding hydrogens is 423 g/mol. The Morgan fingerprint density at radius 1 is 0.875 bits per heavy atom. The van der Waals surface area contributed by atoms with E-state index in [1.54, 1.807) is 36.4 Å². The zero-order valence-corrected chi connectivity index (χ0v) is 17.0. The lowest BCUT2D eigenvalue weighted by Crippen LogP contribution is -2.13. The van der Waals surface area contributed by atoms with Gasteiger partial charge in [-0.3, -0.25) is 0 Å². The molecule has 32 heavy (non-hydrogen) atoms. The number of halogens is 3. The summed E-state index contributed by atoms with van der Waals surface area (Å²) >= 11 is 0. The monoisotopic (exact) mass is 439 g/mol. The molecule has 0 N–H and O–H groups in total. The predicted octanol–water partition coefficient (Wildman–Crippen LogP) is 5.40. The second kappa shape index (κ2) is 9.71. The fraction of sp³-hybridized carbons (Fsp3) is 0.0833. The zero-order chi connectivity index (χ0) is 23.3. The number of carbonyl (C=O) groups excluding carboxylic acids is 1. The first-order valence-corrected chi connectivity index (χ1v) is 9.18. The molecule has 0 heterocycles. The summed E-state index contributed by atoms with van der Waals surface area (Å²) in [5, 5.41) is 9.59. The molecule has 3 rings (SSSR count). The van der Waals surface area contributed by atoms with Gasteiger partial charge in [0.15, 0.2) is 29.0 Å². The number of rotatable bonds is 6. The number of methoxy groups -OCH3 is 2. The Morgan fingerprint density at radius 2 is 1.59 bits per heavy atom. The molecule has 0 unspecified atom stereocenters. The highest BCUT2D eigenvalue weighted by atomic mass is 19.2. The summed E-state index contributed by atoms with van der Waals surface area (Å²) in [4.78, 5) is 12.3. The van der Waals surface area contributed by atoms with Crippen LogP contribution in [0.5, 0.6) is 17.2 Å². The average Bonchev–Trinajstić information content (AvgIpc) is 2.81. The Kier molecular flexibility index (Phi) is 6.80. The van der Waals surface area contributed by atoms with E-state index in [1.807, 2.05) is 0 Å². The summed E-state index contributed by atoms with van der Waals surface area (Å²) < 4.78 is 56.0. The van der Waals surface area contributed by atoms with Crippen LogP contribution in [-0.4, -0.2) is 20.2 Å². The van der Waals surface area contributed by atoms with E-state index in [0.29, 0.717) is 28.5 Å². The minimum atomic E-state index is -1.77. The molecule has 0 aliphatic heterocycles. The van der Waals surface area contributed by atoms with Crippen molar-refractivity contribution in [3.8, 4) is 23.3 Å². The molecule has 0 aromatic heterocycles. The number of nitriles is 1. The molecular formula is C24H16F3NO4. The summed E-state index contributed by atoms with van der Waals surface area (Å²) in [6.45, 7) is 0. The standard InChI is InChI=1S/C24H16F3NO4/c1-30-19-6-4-3-5-16(19)15(13-28)11-14-7-10-20(21(12-14)31-2)32-24(29)17-8-9-18(25)23(27)22(17)26/h3-12H,1-2H3/b15-11-. The summed E-state index contributed by atoms with van der Waals surface area (Å²) in [6, 6.07) is 14.9. The molecule has 3 aromatic carbocycles. The van der Waals surface area contributed by atoms with Gasteiger partial charge in [-0.25, -0.2) is 18.0 Å². The van der Waals surface area contributed by atoms with E-state index in [1.165, 1.54) is 26.4 Å². The SMILES string of the molecule is COc1cc(/C=C(/C#N)c2ccccc2OC)ccc1OC(=O)c1ccc(F)c(F)c1F. The Labute approximate surface area is 181 Å². The second-order valence-electron chi connectivity index (χ2n) is 6.39. The fourth-order valence-electron chi connectivity index (χ4n) is 2.90. The van der Waals surface area contributed by atoms with Crippen LogP contribution in [0.2, 0.25) is 0 Å². The van der Waals surface area contributed by atoms with E-state index in [9.17, 15) is 23.2 Å². The molecule has 5 nitrogen and oxygen atoms in total. The van der Waals surface area contributed by atoms with Crippen molar-refractivity contribution in [2.24, 2.45) is 0 Å². The predicted molar refractivity (Wildman–Crippen MR) is 111 cm³/mol. The van der Waals surface area contributed by atoms with Crippen molar-refractivity contribution in [2.75, 3.05) is 14.2 Å². The van der Waals surface area contributed by atoms with Crippen molar-refractivity contribution in [3.63, 3.8) is 0 Å². The molecule has 162 valence electrons. The molecule has 0 aliphatic rings. The third-order valence-corrected chi connectivity index (χ3v) is 4.47. The lowest BCUT2D eigenvalue weighted by molar-refractivity contribution is 0.0723. The zero-order valence-electron chi connectivity index (χ0n) is 17.0. The number of nitrogens with zero attached hydrogens (tertiary/aromatic N) is 1. The van der Waals surface area contributed by atoms with Crippen LogP contribution in [0.3, 0.4) is 0 Å². The van der Waals surface area contributed by atoms with E-state index in [-0.39, 0.29) is 11.5 Å². The van der Waals surface area contributed by atoms with Gasteiger partial charge in [-0.05, 0) is 48.0 Å². The lowest BCUT2D eigenvalue weighted by atomic mass is 10.0. The highest BCUT2D eigenvalue weighted by molar-refractivity contribution is 5.93. The maximum Gasteiger partial charge on any atom is 0.346 e. The smallest absolute Gasteiger partial charge is 0.346 e. The van der Waals surface area contributed by atoms with Crippen molar-refractivity contribution in [2.45, 2.75) is 0 Å². The number of para-hydroxylation sites is 1. The van der Waals surface area contributed by atoms with E-state index >= 15 is 0 Å². The lowest BCUT2D eigenvalue weighted by Gasteiger charge is -2.11. The number of benzene rings is 3. The molecule has 0 spiro atoms. The molecule has 0 radical (unpaired) electrons. The first-order valence-electron chi connectivity index (χ1n) is 9.18. The molecule has 0 amide bonds. The van der Waals surface area contributed by atoms with Crippen LogP contribution in [0.4, 0.5) is 13.2 Å². The van der Waals surface area contributed by atoms with Crippen molar-refractivity contribution < 1.29 is 32.2 Å². The van der Waals surface area contributed by atoms with Crippen LogP contribution in [0.1, 0.15) is 21.5 Å². The van der Waals surface area contributed by atoms with E-state index in [2.05, 4.69) is 6.07 Å². The molecule has 3 aromatic rings. The van der Waals surface area contributed by atoms with E-state index in [0.717, 1.165) is 6.07 Å². The van der Waals surface area contributed by atoms with Gasteiger partial charge in [-0.2, -0.15) is 5.26 Å². The number of esters is 1. The molecule has 0 saturated heterocycles. The first kappa shape index (κ1) is 22.4. The highest BCUT2D eigenvalue weighted by Crippen LogP contribution is 2.32. The van der Waals surface area contributed by atoms with Gasteiger partial charge in [0.1, 0.15) is 5.75 Å². The van der Waals surface area contributed by atoms with Gasteiger partial charge < -0.3 is 14.2 Å². The van der Waals surface area contributed by atoms with Crippen molar-refractivity contribution in [1.29, 1.82) is 5.26 Å². The van der Waals surface area contributed by atoms with Gasteiger partial charge in [0, 0.05) is 5.56 Å². The van der Waals surface area contributed by atoms with Gasteiger partial charge in [0.05, 0.1) is 31.4 Å². The quantitative estimate of drug-likeness (QED) is 0.169. The third-order valence-electron chi connectivity index (χ3n) is 4.47. The van der Waals surface area contributed by atoms with Crippen LogP contribution in [0.15, 0.2) is 54.6 Å². The van der Waals surface area contributed by atoms with E-state index in [4.69, 9.17) is 14.2 Å². The number of allylic oxidation sites excluding steroid dienone is 1. The van der Waals surface area contributed by atoms with Crippen LogP contribution in [0.25, 0.3) is 11.6 Å². The van der Waals surface area contributed by atoms with Gasteiger partial charge in [-0.15, -0.1) is 0 Å². The summed E-state index contributed by atoms with van der Waals surface area (Å²) in [6.07, 6.45) is 1.58. The maximum atomic E-state index is 13.9. The summed E-state index contributed by atoms with van der Waals surface area (Å²) in [7, 11) is 2.82.